The van der Waals surface area contributed by atoms with Gasteiger partial charge in [0.2, 0.25) is 0 Å². The SMILES string of the molecule is CNS(=O)(=O)Nc1cccc(-c2c(C)n(C3CC3)c(=O)c3c(Nc4ccc(C)cc4F)c(C)c(=O)oc23)c1C. The number of halogens is 1. The Morgan fingerprint density at radius 2 is 1.72 bits per heavy atom. The van der Waals surface area contributed by atoms with Crippen LogP contribution in [0.1, 0.15) is 41.3 Å². The van der Waals surface area contributed by atoms with Gasteiger partial charge in [0.05, 0.1) is 22.6 Å². The molecule has 0 saturated heterocycles. The van der Waals surface area contributed by atoms with Crippen LogP contribution in [0, 0.1) is 33.5 Å². The topological polar surface area (TPSA) is 122 Å². The van der Waals surface area contributed by atoms with Crippen molar-refractivity contribution in [1.82, 2.24) is 9.29 Å². The van der Waals surface area contributed by atoms with Crippen LogP contribution in [-0.4, -0.2) is 20.0 Å². The van der Waals surface area contributed by atoms with E-state index in [4.69, 9.17) is 4.42 Å². The minimum absolute atomic E-state index is 0.0249. The molecule has 204 valence electrons. The van der Waals surface area contributed by atoms with E-state index in [1.807, 2.05) is 0 Å². The van der Waals surface area contributed by atoms with Gasteiger partial charge in [0.25, 0.3) is 15.8 Å². The van der Waals surface area contributed by atoms with E-state index in [1.165, 1.54) is 20.0 Å². The largest absolute Gasteiger partial charge is 0.421 e. The van der Waals surface area contributed by atoms with Gasteiger partial charge in [-0.1, -0.05) is 18.2 Å². The van der Waals surface area contributed by atoms with E-state index in [-0.39, 0.29) is 39.5 Å². The van der Waals surface area contributed by atoms with E-state index in [0.29, 0.717) is 28.1 Å². The van der Waals surface area contributed by atoms with Gasteiger partial charge in [-0.15, -0.1) is 0 Å². The molecule has 3 N–H and O–H groups in total. The number of rotatable bonds is 7. The van der Waals surface area contributed by atoms with Crippen molar-refractivity contribution in [3.8, 4) is 11.1 Å². The number of pyridine rings is 1. The van der Waals surface area contributed by atoms with E-state index in [9.17, 15) is 22.4 Å². The summed E-state index contributed by atoms with van der Waals surface area (Å²) in [6.07, 6.45) is 1.63. The van der Waals surface area contributed by atoms with Crippen molar-refractivity contribution in [2.75, 3.05) is 17.1 Å². The smallest absolute Gasteiger partial charge is 0.341 e. The minimum atomic E-state index is -3.80. The first-order chi connectivity index (χ1) is 18.4. The van der Waals surface area contributed by atoms with Crippen LogP contribution in [0.5, 0.6) is 0 Å². The summed E-state index contributed by atoms with van der Waals surface area (Å²) in [5.74, 6) is -0.522. The summed E-state index contributed by atoms with van der Waals surface area (Å²) in [5, 5.41) is 3.12. The molecule has 0 bridgehead atoms. The Morgan fingerprint density at radius 3 is 2.36 bits per heavy atom. The third-order valence-electron chi connectivity index (χ3n) is 7.15. The van der Waals surface area contributed by atoms with Crippen molar-refractivity contribution in [2.24, 2.45) is 0 Å². The second kappa shape index (κ2) is 9.65. The van der Waals surface area contributed by atoms with Crippen LogP contribution in [0.4, 0.5) is 21.5 Å². The van der Waals surface area contributed by atoms with Gasteiger partial charge in [-0.2, -0.15) is 8.42 Å². The van der Waals surface area contributed by atoms with Crippen molar-refractivity contribution in [3.05, 3.63) is 85.4 Å². The first-order valence-corrected chi connectivity index (χ1v) is 14.0. The molecule has 0 unspecified atom stereocenters. The third-order valence-corrected chi connectivity index (χ3v) is 8.17. The Bertz CT molecular complexity index is 1870. The maximum atomic E-state index is 14.8. The summed E-state index contributed by atoms with van der Waals surface area (Å²) in [7, 11) is -2.50. The summed E-state index contributed by atoms with van der Waals surface area (Å²) in [4.78, 5) is 27.1. The number of anilines is 3. The van der Waals surface area contributed by atoms with E-state index in [1.54, 1.807) is 55.7 Å². The Hall–Kier alpha value is -3.96. The highest BCUT2D eigenvalue weighted by molar-refractivity contribution is 7.90. The summed E-state index contributed by atoms with van der Waals surface area (Å²) < 4.78 is 51.5. The lowest BCUT2D eigenvalue weighted by Crippen LogP contribution is -2.27. The van der Waals surface area contributed by atoms with Crippen LogP contribution in [0.3, 0.4) is 0 Å². The van der Waals surface area contributed by atoms with Gasteiger partial charge in [-0.05, 0) is 75.4 Å². The normalized spacial score (nSPS) is 13.6. The first kappa shape index (κ1) is 26.6. The fraction of sp³-hybridized carbons (Fsp3) is 0.286. The van der Waals surface area contributed by atoms with Gasteiger partial charge in [0.15, 0.2) is 5.58 Å². The molecule has 0 aliphatic heterocycles. The Kier molecular flexibility index (Phi) is 6.59. The summed E-state index contributed by atoms with van der Waals surface area (Å²) in [5.41, 5.74) is 2.76. The number of fused-ring (bicyclic) bond motifs is 1. The second-order valence-corrected chi connectivity index (χ2v) is 11.5. The van der Waals surface area contributed by atoms with Crippen molar-refractivity contribution in [1.29, 1.82) is 0 Å². The van der Waals surface area contributed by atoms with Crippen molar-refractivity contribution >= 4 is 38.2 Å². The Labute approximate surface area is 224 Å². The van der Waals surface area contributed by atoms with E-state index in [2.05, 4.69) is 14.8 Å². The van der Waals surface area contributed by atoms with Crippen LogP contribution >= 0.6 is 0 Å². The monoisotopic (exact) mass is 552 g/mol. The maximum absolute atomic E-state index is 14.8. The van der Waals surface area contributed by atoms with Crippen LogP contribution in [0.15, 0.2) is 50.4 Å². The number of nitrogens with zero attached hydrogens (tertiary/aromatic N) is 1. The fourth-order valence-electron chi connectivity index (χ4n) is 4.88. The van der Waals surface area contributed by atoms with Gasteiger partial charge in [0.1, 0.15) is 11.2 Å². The van der Waals surface area contributed by atoms with Gasteiger partial charge in [-0.25, -0.2) is 13.9 Å². The Morgan fingerprint density at radius 1 is 1.00 bits per heavy atom. The molecule has 1 fully saturated rings. The highest BCUT2D eigenvalue weighted by atomic mass is 32.2. The zero-order valence-corrected chi connectivity index (χ0v) is 23.0. The molecular weight excluding hydrogens is 523 g/mol. The number of hydrogen-bond acceptors (Lipinski definition) is 6. The van der Waals surface area contributed by atoms with Crippen molar-refractivity contribution < 1.29 is 17.2 Å². The number of benzene rings is 2. The highest BCUT2D eigenvalue weighted by Crippen LogP contribution is 2.42. The first-order valence-electron chi connectivity index (χ1n) is 12.5. The molecule has 0 spiro atoms. The molecule has 0 radical (unpaired) electrons. The molecule has 9 nitrogen and oxygen atoms in total. The lowest BCUT2D eigenvalue weighted by molar-refractivity contribution is 0.552. The van der Waals surface area contributed by atoms with Gasteiger partial charge in [-0.3, -0.25) is 9.52 Å². The molecule has 0 amide bonds. The average Bonchev–Trinajstić information content (AvgIpc) is 3.70. The van der Waals surface area contributed by atoms with E-state index < -0.39 is 21.7 Å². The van der Waals surface area contributed by atoms with Gasteiger partial charge < -0.3 is 14.3 Å². The number of hydrogen-bond donors (Lipinski definition) is 3. The predicted molar refractivity (Wildman–Crippen MR) is 151 cm³/mol. The number of aromatic nitrogens is 1. The van der Waals surface area contributed by atoms with Crippen molar-refractivity contribution in [3.63, 3.8) is 0 Å². The molecule has 2 aromatic carbocycles. The molecule has 39 heavy (non-hydrogen) atoms. The lowest BCUT2D eigenvalue weighted by Gasteiger charge is -2.21. The zero-order chi connectivity index (χ0) is 28.2. The van der Waals surface area contributed by atoms with E-state index >= 15 is 0 Å². The van der Waals surface area contributed by atoms with Crippen molar-refractivity contribution in [2.45, 2.75) is 46.6 Å². The predicted octanol–water partition coefficient (Wildman–Crippen LogP) is 4.95. The molecular formula is C28H29FN4O5S. The van der Waals surface area contributed by atoms with Crippen LogP contribution < -0.4 is 25.9 Å². The molecule has 5 rings (SSSR count). The molecule has 2 aromatic heterocycles. The fourth-order valence-corrected chi connectivity index (χ4v) is 5.49. The molecule has 2 heterocycles. The lowest BCUT2D eigenvalue weighted by atomic mass is 9.95. The number of aryl methyl sites for hydroxylation is 1. The average molecular weight is 553 g/mol. The minimum Gasteiger partial charge on any atom is -0.421 e. The standard InChI is InChI=1S/C28H29FN4O5S/c1-14-9-12-22(20(29)13-14)31-25-16(3)28(35)38-26-23(17(4)33(18-10-11-18)27(34)24(25)26)19-7-6-8-21(15(19)2)32-39(36,37)30-5/h6-9,12-13,18,30-32H,10-11H2,1-5H3. The summed E-state index contributed by atoms with van der Waals surface area (Å²) >= 11 is 0. The molecule has 1 saturated carbocycles. The van der Waals surface area contributed by atoms with Crippen LogP contribution in [0.2, 0.25) is 0 Å². The Balaban J connectivity index is 1.86. The second-order valence-electron chi connectivity index (χ2n) is 9.86. The highest BCUT2D eigenvalue weighted by Gasteiger charge is 2.32. The quantitative estimate of drug-likeness (QED) is 0.298. The number of nitrogens with one attached hydrogen (secondary N) is 3. The van der Waals surface area contributed by atoms with Gasteiger partial charge >= 0.3 is 5.63 Å². The van der Waals surface area contributed by atoms with Gasteiger partial charge in [0, 0.05) is 24.3 Å². The van der Waals surface area contributed by atoms with Crippen LogP contribution in [0.25, 0.3) is 22.1 Å². The van der Waals surface area contributed by atoms with Crippen LogP contribution in [-0.2, 0) is 10.2 Å². The maximum Gasteiger partial charge on any atom is 0.341 e. The van der Waals surface area contributed by atoms with E-state index in [0.717, 1.165) is 18.4 Å². The summed E-state index contributed by atoms with van der Waals surface area (Å²) in [6.45, 7) is 6.82. The molecule has 0 atom stereocenters. The zero-order valence-electron chi connectivity index (χ0n) is 22.2. The molecule has 1 aliphatic rings. The molecule has 1 aliphatic carbocycles. The summed E-state index contributed by atoms with van der Waals surface area (Å²) in [6, 6.07) is 9.71. The molecule has 11 heteroatoms. The molecule has 4 aromatic rings. The third kappa shape index (κ3) is 4.72.